The Hall–Kier alpha value is -1.18. The zero-order valence-corrected chi connectivity index (χ0v) is 10.7. The first-order valence-corrected chi connectivity index (χ1v) is 5.44. The molecule has 0 saturated carbocycles. The summed E-state index contributed by atoms with van der Waals surface area (Å²) in [4.78, 5) is 0. The molecule has 0 atom stereocenters. The van der Waals surface area contributed by atoms with Crippen molar-refractivity contribution in [3.8, 4) is 11.5 Å². The molecule has 0 amide bonds. The van der Waals surface area contributed by atoms with E-state index in [1.165, 1.54) is 5.56 Å². The van der Waals surface area contributed by atoms with Crippen LogP contribution >= 0.6 is 0 Å². The first-order chi connectivity index (χ1) is 7.22. The summed E-state index contributed by atoms with van der Waals surface area (Å²) in [5.41, 5.74) is 2.40. The first kappa shape index (κ1) is 13.8. The van der Waals surface area contributed by atoms with Crippen molar-refractivity contribution in [2.75, 3.05) is 14.2 Å². The van der Waals surface area contributed by atoms with Crippen LogP contribution in [0.2, 0.25) is 0 Å². The van der Waals surface area contributed by atoms with Gasteiger partial charge in [0.25, 0.3) is 0 Å². The topological polar surface area (TPSA) is 18.5 Å². The SMILES string of the molecule is CC.CCc1cc(C)c(OC)c(OC)c1. The molecule has 0 aromatic heterocycles. The molecule has 0 bridgehead atoms. The van der Waals surface area contributed by atoms with E-state index in [-0.39, 0.29) is 0 Å². The van der Waals surface area contributed by atoms with E-state index in [1.54, 1.807) is 14.2 Å². The lowest BCUT2D eigenvalue weighted by Crippen LogP contribution is -1.95. The molecule has 1 rings (SSSR count). The number of ether oxygens (including phenoxy) is 2. The molecule has 2 nitrogen and oxygen atoms in total. The fourth-order valence-electron chi connectivity index (χ4n) is 1.43. The molecule has 0 aliphatic rings. The molecule has 1 aromatic carbocycles. The molecule has 2 heteroatoms. The van der Waals surface area contributed by atoms with Crippen LogP contribution < -0.4 is 9.47 Å². The molecule has 0 N–H and O–H groups in total. The van der Waals surface area contributed by atoms with Crippen molar-refractivity contribution in [3.63, 3.8) is 0 Å². The molecule has 0 aliphatic carbocycles. The van der Waals surface area contributed by atoms with Gasteiger partial charge in [0.1, 0.15) is 0 Å². The highest BCUT2D eigenvalue weighted by atomic mass is 16.5. The fourth-order valence-corrected chi connectivity index (χ4v) is 1.43. The standard InChI is InChI=1S/C11H16O2.C2H6/c1-5-9-6-8(2)11(13-4)10(7-9)12-3;1-2/h6-7H,5H2,1-4H3;1-2H3. The average molecular weight is 210 g/mol. The third kappa shape index (κ3) is 3.46. The largest absolute Gasteiger partial charge is 0.493 e. The van der Waals surface area contributed by atoms with E-state index < -0.39 is 0 Å². The zero-order chi connectivity index (χ0) is 11.8. The molecule has 0 fully saturated rings. The molecule has 1 aromatic rings. The third-order valence-electron chi connectivity index (χ3n) is 2.13. The smallest absolute Gasteiger partial charge is 0.163 e. The lowest BCUT2D eigenvalue weighted by atomic mass is 10.1. The molecule has 0 aliphatic heterocycles. The van der Waals surface area contributed by atoms with Crippen LogP contribution in [0.3, 0.4) is 0 Å². The van der Waals surface area contributed by atoms with Gasteiger partial charge in [-0.25, -0.2) is 0 Å². The number of methoxy groups -OCH3 is 2. The highest BCUT2D eigenvalue weighted by molar-refractivity contribution is 5.48. The summed E-state index contributed by atoms with van der Waals surface area (Å²) in [6, 6.07) is 4.15. The van der Waals surface area contributed by atoms with Gasteiger partial charge in [0.05, 0.1) is 14.2 Å². The minimum atomic E-state index is 0.819. The van der Waals surface area contributed by atoms with Gasteiger partial charge in [-0.1, -0.05) is 26.8 Å². The van der Waals surface area contributed by atoms with E-state index >= 15 is 0 Å². The summed E-state index contributed by atoms with van der Waals surface area (Å²) in [6.07, 6.45) is 1.02. The number of benzene rings is 1. The van der Waals surface area contributed by atoms with Crippen molar-refractivity contribution in [2.45, 2.75) is 34.1 Å². The Morgan fingerprint density at radius 1 is 1.07 bits per heavy atom. The van der Waals surface area contributed by atoms with Crippen LogP contribution in [0.15, 0.2) is 12.1 Å². The second-order valence-electron chi connectivity index (χ2n) is 3.00. The Morgan fingerprint density at radius 3 is 2.07 bits per heavy atom. The summed E-state index contributed by atoms with van der Waals surface area (Å²) < 4.78 is 10.5. The van der Waals surface area contributed by atoms with Crippen molar-refractivity contribution in [1.29, 1.82) is 0 Å². The quantitative estimate of drug-likeness (QED) is 0.759. The van der Waals surface area contributed by atoms with Crippen LogP contribution in [0.5, 0.6) is 11.5 Å². The van der Waals surface area contributed by atoms with Gasteiger partial charge < -0.3 is 9.47 Å². The predicted octanol–water partition coefficient (Wildman–Crippen LogP) is 3.60. The minimum Gasteiger partial charge on any atom is -0.493 e. The first-order valence-electron chi connectivity index (χ1n) is 5.44. The molecule has 86 valence electrons. The number of rotatable bonds is 3. The Balaban J connectivity index is 0.000000921. The summed E-state index contributed by atoms with van der Waals surface area (Å²) in [5, 5.41) is 0. The van der Waals surface area contributed by atoms with Gasteiger partial charge in [-0.3, -0.25) is 0 Å². The molecule has 0 radical (unpaired) electrons. The van der Waals surface area contributed by atoms with Gasteiger partial charge in [0, 0.05) is 0 Å². The van der Waals surface area contributed by atoms with E-state index in [0.717, 1.165) is 23.5 Å². The average Bonchev–Trinajstić information content (AvgIpc) is 2.30. The van der Waals surface area contributed by atoms with Crippen LogP contribution in [0.4, 0.5) is 0 Å². The van der Waals surface area contributed by atoms with E-state index in [1.807, 2.05) is 26.8 Å². The summed E-state index contributed by atoms with van der Waals surface area (Å²) in [6.45, 7) is 8.15. The molecule has 15 heavy (non-hydrogen) atoms. The molecule has 0 spiro atoms. The van der Waals surface area contributed by atoms with Crippen molar-refractivity contribution in [3.05, 3.63) is 23.3 Å². The van der Waals surface area contributed by atoms with Crippen LogP contribution in [0.1, 0.15) is 31.9 Å². The maximum absolute atomic E-state index is 5.24. The Kier molecular flexibility index (Phi) is 6.59. The zero-order valence-electron chi connectivity index (χ0n) is 10.7. The summed E-state index contributed by atoms with van der Waals surface area (Å²) in [7, 11) is 3.33. The predicted molar refractivity (Wildman–Crippen MR) is 65.0 cm³/mol. The highest BCUT2D eigenvalue weighted by Gasteiger charge is 2.07. The van der Waals surface area contributed by atoms with E-state index in [0.29, 0.717) is 0 Å². The Labute approximate surface area is 93.2 Å². The fraction of sp³-hybridized carbons (Fsp3) is 0.538. The van der Waals surface area contributed by atoms with E-state index in [4.69, 9.17) is 9.47 Å². The van der Waals surface area contributed by atoms with Gasteiger partial charge in [0.2, 0.25) is 0 Å². The molecular weight excluding hydrogens is 188 g/mol. The maximum Gasteiger partial charge on any atom is 0.163 e. The van der Waals surface area contributed by atoms with Crippen LogP contribution in [0, 0.1) is 6.92 Å². The van der Waals surface area contributed by atoms with Crippen molar-refractivity contribution < 1.29 is 9.47 Å². The van der Waals surface area contributed by atoms with Crippen molar-refractivity contribution in [2.24, 2.45) is 0 Å². The van der Waals surface area contributed by atoms with E-state index in [2.05, 4.69) is 13.0 Å². The Morgan fingerprint density at radius 2 is 1.67 bits per heavy atom. The van der Waals surface area contributed by atoms with Crippen LogP contribution in [-0.2, 0) is 6.42 Å². The monoisotopic (exact) mass is 210 g/mol. The van der Waals surface area contributed by atoms with E-state index in [9.17, 15) is 0 Å². The summed E-state index contributed by atoms with van der Waals surface area (Å²) in [5.74, 6) is 1.65. The van der Waals surface area contributed by atoms with Gasteiger partial charge in [-0.15, -0.1) is 0 Å². The molecule has 0 saturated heterocycles. The number of hydrogen-bond donors (Lipinski definition) is 0. The summed E-state index contributed by atoms with van der Waals surface area (Å²) >= 11 is 0. The number of aryl methyl sites for hydroxylation is 2. The lowest BCUT2D eigenvalue weighted by molar-refractivity contribution is 0.352. The van der Waals surface area contributed by atoms with Crippen molar-refractivity contribution in [1.82, 2.24) is 0 Å². The van der Waals surface area contributed by atoms with Gasteiger partial charge in [-0.2, -0.15) is 0 Å². The second kappa shape index (κ2) is 7.16. The van der Waals surface area contributed by atoms with Gasteiger partial charge >= 0.3 is 0 Å². The third-order valence-corrected chi connectivity index (χ3v) is 2.13. The highest BCUT2D eigenvalue weighted by Crippen LogP contribution is 2.31. The normalized spacial score (nSPS) is 8.93. The van der Waals surface area contributed by atoms with Crippen molar-refractivity contribution >= 4 is 0 Å². The second-order valence-corrected chi connectivity index (χ2v) is 3.00. The maximum atomic E-state index is 5.24. The lowest BCUT2D eigenvalue weighted by Gasteiger charge is -2.11. The van der Waals surface area contributed by atoms with Gasteiger partial charge in [-0.05, 0) is 30.5 Å². The van der Waals surface area contributed by atoms with Crippen LogP contribution in [0.25, 0.3) is 0 Å². The molecule has 0 unspecified atom stereocenters. The Bertz CT molecular complexity index is 293. The van der Waals surface area contributed by atoms with Gasteiger partial charge in [0.15, 0.2) is 11.5 Å². The number of hydrogen-bond acceptors (Lipinski definition) is 2. The molecular formula is C13H22O2. The minimum absolute atomic E-state index is 0.819. The molecule has 0 heterocycles. The van der Waals surface area contributed by atoms with Crippen LogP contribution in [-0.4, -0.2) is 14.2 Å².